The van der Waals surface area contributed by atoms with Gasteiger partial charge in [0.1, 0.15) is 11.2 Å². The summed E-state index contributed by atoms with van der Waals surface area (Å²) in [5.41, 5.74) is 3.74. The smallest absolute Gasteiger partial charge is 0.337 e. The van der Waals surface area contributed by atoms with Crippen molar-refractivity contribution in [3.63, 3.8) is 0 Å². The summed E-state index contributed by atoms with van der Waals surface area (Å²) in [6, 6.07) is 7.13. The number of fused-ring (bicyclic) bond motifs is 3. The molecule has 1 aliphatic carbocycles. The first-order valence-electron chi connectivity index (χ1n) is 9.68. The van der Waals surface area contributed by atoms with Gasteiger partial charge in [-0.3, -0.25) is 4.79 Å². The maximum atomic E-state index is 12.9. The van der Waals surface area contributed by atoms with Crippen LogP contribution in [0.25, 0.3) is 0 Å². The fourth-order valence-corrected chi connectivity index (χ4v) is 5.49. The average Bonchev–Trinajstić information content (AvgIpc) is 3.04. The Morgan fingerprint density at radius 2 is 1.89 bits per heavy atom. The van der Waals surface area contributed by atoms with Gasteiger partial charge < -0.3 is 15.4 Å². The van der Waals surface area contributed by atoms with Gasteiger partial charge in [-0.15, -0.1) is 11.3 Å². The van der Waals surface area contributed by atoms with Crippen LogP contribution in [0, 0.1) is 11.3 Å². The third kappa shape index (κ3) is 3.30. The molecule has 2 N–H and O–H groups in total. The van der Waals surface area contributed by atoms with Gasteiger partial charge in [0.15, 0.2) is 0 Å². The molecule has 0 unspecified atom stereocenters. The molecule has 1 amide bonds. The van der Waals surface area contributed by atoms with Crippen LogP contribution in [0.3, 0.4) is 0 Å². The molecule has 0 saturated carbocycles. The number of carbonyl (C=O) groups excluding carboxylic acids is 2. The maximum absolute atomic E-state index is 12.9. The Kier molecular flexibility index (Phi) is 4.70. The highest BCUT2D eigenvalue weighted by molar-refractivity contribution is 7.16. The molecule has 2 aromatic rings. The van der Waals surface area contributed by atoms with Gasteiger partial charge >= 0.3 is 5.97 Å². The number of anilines is 1. The van der Waals surface area contributed by atoms with Gasteiger partial charge in [0.25, 0.3) is 5.91 Å². The predicted molar refractivity (Wildman–Crippen MR) is 111 cm³/mol. The van der Waals surface area contributed by atoms with E-state index in [2.05, 4.69) is 31.4 Å². The lowest BCUT2D eigenvalue weighted by Gasteiger charge is -2.34. The SMILES string of the molecule is COC(=O)c1ccc([C@H]2NC(=O)c3c(sc4c3CC[C@H](C(C)(C)C)C4)N2)cc1. The zero-order valence-electron chi connectivity index (χ0n) is 16.7. The topological polar surface area (TPSA) is 67.4 Å². The first kappa shape index (κ1) is 19.0. The Balaban J connectivity index is 1.59. The van der Waals surface area contributed by atoms with E-state index in [1.807, 2.05) is 12.1 Å². The molecule has 0 fully saturated rings. The Morgan fingerprint density at radius 3 is 2.54 bits per heavy atom. The summed E-state index contributed by atoms with van der Waals surface area (Å²) in [7, 11) is 1.36. The quantitative estimate of drug-likeness (QED) is 0.729. The fraction of sp³-hybridized carbons (Fsp3) is 0.455. The second-order valence-electron chi connectivity index (χ2n) is 8.68. The summed E-state index contributed by atoms with van der Waals surface area (Å²) >= 11 is 1.73. The van der Waals surface area contributed by atoms with Crippen LogP contribution >= 0.6 is 11.3 Å². The molecule has 28 heavy (non-hydrogen) atoms. The number of methoxy groups -OCH3 is 1. The zero-order valence-corrected chi connectivity index (χ0v) is 17.5. The molecule has 1 aliphatic heterocycles. The van der Waals surface area contributed by atoms with Crippen LogP contribution in [0.5, 0.6) is 0 Å². The number of esters is 1. The van der Waals surface area contributed by atoms with Crippen LogP contribution in [-0.4, -0.2) is 19.0 Å². The molecule has 0 radical (unpaired) electrons. The van der Waals surface area contributed by atoms with Crippen LogP contribution in [0.4, 0.5) is 5.00 Å². The van der Waals surface area contributed by atoms with Crippen LogP contribution < -0.4 is 10.6 Å². The summed E-state index contributed by atoms with van der Waals surface area (Å²) in [4.78, 5) is 25.9. The third-order valence-corrected chi connectivity index (χ3v) is 7.12. The molecule has 2 atom stereocenters. The summed E-state index contributed by atoms with van der Waals surface area (Å²) in [6.07, 6.45) is 2.84. The molecule has 0 saturated heterocycles. The Morgan fingerprint density at radius 1 is 1.18 bits per heavy atom. The molecule has 2 aliphatic rings. The second-order valence-corrected chi connectivity index (χ2v) is 9.78. The first-order valence-corrected chi connectivity index (χ1v) is 10.5. The molecular formula is C22H26N2O3S. The van der Waals surface area contributed by atoms with Crippen molar-refractivity contribution in [2.75, 3.05) is 12.4 Å². The van der Waals surface area contributed by atoms with E-state index in [1.165, 1.54) is 17.6 Å². The Labute approximate surface area is 169 Å². The first-order chi connectivity index (χ1) is 13.3. The minimum atomic E-state index is -0.367. The van der Waals surface area contributed by atoms with Crippen LogP contribution in [0.2, 0.25) is 0 Å². The Bertz CT molecular complexity index is 924. The molecule has 2 heterocycles. The lowest BCUT2D eigenvalue weighted by atomic mass is 9.72. The number of hydrogen-bond donors (Lipinski definition) is 2. The molecular weight excluding hydrogens is 372 g/mol. The Hall–Kier alpha value is -2.34. The standard InChI is InChI=1S/C22H26N2O3S/c1-22(2,3)14-9-10-15-16(11-14)28-20-17(15)19(25)23-18(24-20)12-5-7-13(8-6-12)21(26)27-4/h5-8,14,18,24H,9-11H2,1-4H3,(H,23,25)/t14-,18-/m0/s1. The minimum absolute atomic E-state index is 0.0116. The van der Waals surface area contributed by atoms with Crippen molar-refractivity contribution < 1.29 is 14.3 Å². The summed E-state index contributed by atoms with van der Waals surface area (Å²) < 4.78 is 4.74. The average molecular weight is 399 g/mol. The van der Waals surface area contributed by atoms with E-state index in [4.69, 9.17) is 4.74 Å². The van der Waals surface area contributed by atoms with Crippen molar-refractivity contribution in [1.29, 1.82) is 0 Å². The highest BCUT2D eigenvalue weighted by Crippen LogP contribution is 2.45. The molecule has 148 valence electrons. The van der Waals surface area contributed by atoms with Crippen molar-refractivity contribution in [2.45, 2.75) is 46.2 Å². The van der Waals surface area contributed by atoms with Gasteiger partial charge in [-0.05, 0) is 53.9 Å². The van der Waals surface area contributed by atoms with E-state index in [9.17, 15) is 9.59 Å². The number of hydrogen-bond acceptors (Lipinski definition) is 5. The highest BCUT2D eigenvalue weighted by atomic mass is 32.1. The largest absolute Gasteiger partial charge is 0.465 e. The van der Waals surface area contributed by atoms with Crippen LogP contribution in [0.15, 0.2) is 24.3 Å². The van der Waals surface area contributed by atoms with Gasteiger partial charge in [-0.1, -0.05) is 32.9 Å². The van der Waals surface area contributed by atoms with Crippen LogP contribution in [-0.2, 0) is 17.6 Å². The number of carbonyl (C=O) groups is 2. The molecule has 5 nitrogen and oxygen atoms in total. The second kappa shape index (κ2) is 6.92. The lowest BCUT2D eigenvalue weighted by molar-refractivity contribution is 0.0600. The van der Waals surface area contributed by atoms with Gasteiger partial charge in [-0.2, -0.15) is 0 Å². The van der Waals surface area contributed by atoms with Crippen molar-refractivity contribution in [3.05, 3.63) is 51.4 Å². The van der Waals surface area contributed by atoms with E-state index in [1.54, 1.807) is 23.5 Å². The van der Waals surface area contributed by atoms with Gasteiger partial charge in [-0.25, -0.2) is 4.79 Å². The summed E-state index contributed by atoms with van der Waals surface area (Å²) in [5, 5.41) is 7.52. The van der Waals surface area contributed by atoms with Crippen LogP contribution in [0.1, 0.15) is 70.1 Å². The molecule has 6 heteroatoms. The number of benzene rings is 1. The number of thiophene rings is 1. The normalized spacial score (nSPS) is 21.2. The van der Waals surface area contributed by atoms with E-state index < -0.39 is 0 Å². The lowest BCUT2D eigenvalue weighted by Crippen LogP contribution is -2.38. The minimum Gasteiger partial charge on any atom is -0.465 e. The number of ether oxygens (including phenoxy) is 1. The van der Waals surface area contributed by atoms with Crippen molar-refractivity contribution in [1.82, 2.24) is 5.32 Å². The van der Waals surface area contributed by atoms with E-state index in [-0.39, 0.29) is 23.5 Å². The van der Waals surface area contributed by atoms with E-state index in [0.29, 0.717) is 11.5 Å². The third-order valence-electron chi connectivity index (χ3n) is 5.93. The monoisotopic (exact) mass is 398 g/mol. The number of nitrogens with one attached hydrogen (secondary N) is 2. The molecule has 0 bridgehead atoms. The van der Waals surface area contributed by atoms with Gasteiger partial charge in [0.2, 0.25) is 0 Å². The molecule has 1 aromatic heterocycles. The van der Waals surface area contributed by atoms with Gasteiger partial charge in [0, 0.05) is 4.88 Å². The van der Waals surface area contributed by atoms with Gasteiger partial charge in [0.05, 0.1) is 18.2 Å². The van der Waals surface area contributed by atoms with Crippen molar-refractivity contribution in [3.8, 4) is 0 Å². The predicted octanol–water partition coefficient (Wildman–Crippen LogP) is 4.54. The molecule has 0 spiro atoms. The number of amides is 1. The summed E-state index contributed by atoms with van der Waals surface area (Å²) in [5.74, 6) is 0.265. The summed E-state index contributed by atoms with van der Waals surface area (Å²) in [6.45, 7) is 6.90. The molecule has 4 rings (SSSR count). The van der Waals surface area contributed by atoms with Crippen molar-refractivity contribution >= 4 is 28.2 Å². The zero-order chi connectivity index (χ0) is 20.1. The van der Waals surface area contributed by atoms with E-state index in [0.717, 1.165) is 35.4 Å². The number of rotatable bonds is 2. The maximum Gasteiger partial charge on any atom is 0.337 e. The highest BCUT2D eigenvalue weighted by Gasteiger charge is 2.36. The molecule has 1 aromatic carbocycles. The fourth-order valence-electron chi connectivity index (χ4n) is 4.13. The van der Waals surface area contributed by atoms with Crippen molar-refractivity contribution in [2.24, 2.45) is 11.3 Å². The van der Waals surface area contributed by atoms with E-state index >= 15 is 0 Å².